The van der Waals surface area contributed by atoms with E-state index in [1.54, 1.807) is 42.6 Å². The number of aromatic nitrogens is 1. The molecule has 7 heteroatoms. The second-order valence-electron chi connectivity index (χ2n) is 3.57. The van der Waals surface area contributed by atoms with E-state index in [2.05, 4.69) is 15.7 Å². The molecule has 1 aromatic carbocycles. The van der Waals surface area contributed by atoms with Gasteiger partial charge in [-0.2, -0.15) is 8.78 Å². The van der Waals surface area contributed by atoms with E-state index in [0.29, 0.717) is 33.9 Å². The maximum absolute atomic E-state index is 12.5. The van der Waals surface area contributed by atoms with Gasteiger partial charge in [0.25, 0.3) is 5.76 Å². The Hall–Kier alpha value is -1.86. The van der Waals surface area contributed by atoms with Gasteiger partial charge in [-0.1, -0.05) is 23.9 Å². The number of hydrogen-bond acceptors (Lipinski definition) is 5. The number of nitrogens with two attached hydrogens (primary N) is 1. The van der Waals surface area contributed by atoms with Crippen LogP contribution in [0.4, 0.5) is 26.0 Å². The number of para-hydroxylation sites is 1. The van der Waals surface area contributed by atoms with E-state index in [4.69, 9.17) is 5.84 Å². The highest BCUT2D eigenvalue weighted by atomic mass is 32.2. The van der Waals surface area contributed by atoms with Crippen molar-refractivity contribution >= 4 is 29.0 Å². The van der Waals surface area contributed by atoms with E-state index in [1.165, 1.54) is 0 Å². The van der Waals surface area contributed by atoms with Crippen LogP contribution in [0.2, 0.25) is 0 Å². The normalized spacial score (nSPS) is 10.5. The Morgan fingerprint density at radius 3 is 2.74 bits per heavy atom. The van der Waals surface area contributed by atoms with Crippen LogP contribution in [0, 0.1) is 0 Å². The lowest BCUT2D eigenvalue weighted by Crippen LogP contribution is -2.08. The second kappa shape index (κ2) is 6.35. The number of halogens is 2. The Labute approximate surface area is 113 Å². The summed E-state index contributed by atoms with van der Waals surface area (Å²) in [6.45, 7) is 0. The molecular weight excluding hydrogens is 270 g/mol. The van der Waals surface area contributed by atoms with Crippen LogP contribution in [0.3, 0.4) is 0 Å². The van der Waals surface area contributed by atoms with Crippen LogP contribution < -0.4 is 16.6 Å². The zero-order valence-electron chi connectivity index (χ0n) is 9.81. The van der Waals surface area contributed by atoms with E-state index in [9.17, 15) is 8.78 Å². The van der Waals surface area contributed by atoms with Gasteiger partial charge in [-0.3, -0.25) is 0 Å². The minimum absolute atomic E-state index is 0.483. The van der Waals surface area contributed by atoms with Gasteiger partial charge in [-0.25, -0.2) is 10.8 Å². The largest absolute Gasteiger partial charge is 0.354 e. The van der Waals surface area contributed by atoms with Gasteiger partial charge in [0.1, 0.15) is 5.82 Å². The molecule has 0 aliphatic carbocycles. The third-order valence-corrected chi connectivity index (χ3v) is 3.08. The molecule has 0 atom stereocenters. The summed E-state index contributed by atoms with van der Waals surface area (Å²) in [6, 6.07) is 10.3. The zero-order chi connectivity index (χ0) is 13.7. The summed E-state index contributed by atoms with van der Waals surface area (Å²) >= 11 is 0.502. The van der Waals surface area contributed by atoms with Crippen LogP contribution >= 0.6 is 11.8 Å². The van der Waals surface area contributed by atoms with Crippen molar-refractivity contribution in [1.29, 1.82) is 0 Å². The summed E-state index contributed by atoms with van der Waals surface area (Å²) in [4.78, 5) is 4.45. The number of anilines is 3. The first-order chi connectivity index (χ1) is 9.19. The SMILES string of the molecule is NNc1cc(Nc2ccccc2SC(F)F)ccn1. The summed E-state index contributed by atoms with van der Waals surface area (Å²) in [5.74, 6) is 3.30. The molecule has 0 amide bonds. The molecule has 0 saturated heterocycles. The second-order valence-corrected chi connectivity index (χ2v) is 4.61. The fourth-order valence-corrected chi connectivity index (χ4v) is 2.11. The van der Waals surface area contributed by atoms with Crippen LogP contribution in [0.15, 0.2) is 47.5 Å². The first-order valence-corrected chi connectivity index (χ1v) is 6.30. The minimum Gasteiger partial charge on any atom is -0.354 e. The number of benzene rings is 1. The van der Waals surface area contributed by atoms with Crippen LogP contribution in [0.1, 0.15) is 0 Å². The van der Waals surface area contributed by atoms with Gasteiger partial charge in [0.2, 0.25) is 0 Å². The number of hydrazine groups is 1. The summed E-state index contributed by atoms with van der Waals surface area (Å²) in [6.07, 6.45) is 1.57. The molecule has 2 rings (SSSR count). The van der Waals surface area contributed by atoms with E-state index in [0.717, 1.165) is 0 Å². The Morgan fingerprint density at radius 2 is 2.00 bits per heavy atom. The lowest BCUT2D eigenvalue weighted by atomic mass is 10.3. The number of hydrogen-bond donors (Lipinski definition) is 3. The predicted octanol–water partition coefficient (Wildman–Crippen LogP) is 3.43. The van der Waals surface area contributed by atoms with Crippen molar-refractivity contribution in [2.45, 2.75) is 10.7 Å². The molecule has 0 aliphatic heterocycles. The number of nitrogen functional groups attached to an aromatic ring is 1. The molecule has 4 nitrogen and oxygen atoms in total. The van der Waals surface area contributed by atoms with Gasteiger partial charge < -0.3 is 10.7 Å². The molecule has 100 valence electrons. The number of thioether (sulfide) groups is 1. The summed E-state index contributed by atoms with van der Waals surface area (Å²) in [5, 5.41) is 3.06. The monoisotopic (exact) mass is 282 g/mol. The minimum atomic E-state index is -2.46. The molecule has 0 aliphatic rings. The van der Waals surface area contributed by atoms with Gasteiger partial charge >= 0.3 is 0 Å². The molecule has 1 heterocycles. The smallest absolute Gasteiger partial charge is 0.288 e. The maximum Gasteiger partial charge on any atom is 0.288 e. The number of nitrogens with zero attached hydrogens (tertiary/aromatic N) is 1. The van der Waals surface area contributed by atoms with Crippen molar-refractivity contribution in [3.8, 4) is 0 Å². The predicted molar refractivity (Wildman–Crippen MR) is 73.6 cm³/mol. The first kappa shape index (κ1) is 13.6. The van der Waals surface area contributed by atoms with Crippen LogP contribution in [-0.4, -0.2) is 10.7 Å². The standard InChI is InChI=1S/C12H12F2N4S/c13-12(14)19-10-4-2-1-3-9(10)17-8-5-6-16-11(7-8)18-15/h1-7,12H,15H2,(H2,16,17,18). The van der Waals surface area contributed by atoms with Crippen molar-refractivity contribution in [3.05, 3.63) is 42.6 Å². The van der Waals surface area contributed by atoms with Gasteiger partial charge in [0.15, 0.2) is 0 Å². The van der Waals surface area contributed by atoms with Gasteiger partial charge in [-0.05, 0) is 18.2 Å². The zero-order valence-corrected chi connectivity index (χ0v) is 10.6. The molecule has 0 radical (unpaired) electrons. The maximum atomic E-state index is 12.5. The average Bonchev–Trinajstić information content (AvgIpc) is 2.41. The molecule has 4 N–H and O–H groups in total. The highest BCUT2D eigenvalue weighted by Gasteiger charge is 2.09. The molecule has 0 spiro atoms. The lowest BCUT2D eigenvalue weighted by molar-refractivity contribution is 0.252. The quantitative estimate of drug-likeness (QED) is 0.445. The Balaban J connectivity index is 2.22. The number of rotatable bonds is 5. The van der Waals surface area contributed by atoms with Crippen molar-refractivity contribution in [2.24, 2.45) is 5.84 Å². The number of pyridine rings is 1. The number of alkyl halides is 2. The highest BCUT2D eigenvalue weighted by Crippen LogP contribution is 2.33. The van der Waals surface area contributed by atoms with Crippen molar-refractivity contribution in [3.63, 3.8) is 0 Å². The fourth-order valence-electron chi connectivity index (χ4n) is 1.51. The highest BCUT2D eigenvalue weighted by molar-refractivity contribution is 7.99. The molecule has 0 unspecified atom stereocenters. The van der Waals surface area contributed by atoms with E-state index in [-0.39, 0.29) is 0 Å². The Morgan fingerprint density at radius 1 is 1.21 bits per heavy atom. The van der Waals surface area contributed by atoms with Crippen LogP contribution in [0.25, 0.3) is 0 Å². The average molecular weight is 282 g/mol. The number of nitrogens with one attached hydrogen (secondary N) is 2. The van der Waals surface area contributed by atoms with Gasteiger partial charge in [0, 0.05) is 22.8 Å². The van der Waals surface area contributed by atoms with Gasteiger partial charge in [-0.15, -0.1) is 0 Å². The Kier molecular flexibility index (Phi) is 4.53. The van der Waals surface area contributed by atoms with Crippen LogP contribution in [-0.2, 0) is 0 Å². The van der Waals surface area contributed by atoms with E-state index in [1.807, 2.05) is 0 Å². The molecule has 2 aromatic rings. The molecule has 1 aromatic heterocycles. The molecule has 19 heavy (non-hydrogen) atoms. The van der Waals surface area contributed by atoms with Crippen molar-refractivity contribution < 1.29 is 8.78 Å². The third-order valence-electron chi connectivity index (χ3n) is 2.29. The van der Waals surface area contributed by atoms with Crippen molar-refractivity contribution in [1.82, 2.24) is 4.98 Å². The van der Waals surface area contributed by atoms with Crippen molar-refractivity contribution in [2.75, 3.05) is 10.7 Å². The fraction of sp³-hybridized carbons (Fsp3) is 0.0833. The first-order valence-electron chi connectivity index (χ1n) is 5.42. The molecule has 0 fully saturated rings. The summed E-state index contributed by atoms with van der Waals surface area (Å²) in [7, 11) is 0. The van der Waals surface area contributed by atoms with E-state index >= 15 is 0 Å². The third kappa shape index (κ3) is 3.80. The van der Waals surface area contributed by atoms with E-state index < -0.39 is 5.76 Å². The van der Waals surface area contributed by atoms with Gasteiger partial charge in [0.05, 0.1) is 5.69 Å². The lowest BCUT2D eigenvalue weighted by Gasteiger charge is -2.11. The topological polar surface area (TPSA) is 63.0 Å². The molecule has 0 saturated carbocycles. The molecule has 0 bridgehead atoms. The molecular formula is C12H12F2N4S. The van der Waals surface area contributed by atoms with Crippen LogP contribution in [0.5, 0.6) is 0 Å². The Bertz CT molecular complexity index is 551. The summed E-state index contributed by atoms with van der Waals surface area (Å²) < 4.78 is 24.9. The summed E-state index contributed by atoms with van der Waals surface area (Å²) in [5.41, 5.74) is 3.75.